The predicted octanol–water partition coefficient (Wildman–Crippen LogP) is 4.03. The van der Waals surface area contributed by atoms with Crippen LogP contribution in [0, 0.1) is 6.92 Å². The first-order chi connectivity index (χ1) is 15.8. The molecule has 2 fully saturated rings. The molecular formula is C26H43N3O4. The van der Waals surface area contributed by atoms with Crippen molar-refractivity contribution in [3.05, 3.63) is 58.3 Å². The van der Waals surface area contributed by atoms with E-state index in [-0.39, 0.29) is 11.7 Å². The molecule has 3 heterocycles. The van der Waals surface area contributed by atoms with E-state index in [0.717, 1.165) is 36.5 Å². The van der Waals surface area contributed by atoms with Crippen molar-refractivity contribution in [2.75, 3.05) is 31.2 Å². The molecule has 1 saturated carbocycles. The Labute approximate surface area is 198 Å². The van der Waals surface area contributed by atoms with Crippen molar-refractivity contribution in [1.82, 2.24) is 9.97 Å². The summed E-state index contributed by atoms with van der Waals surface area (Å²) < 4.78 is 5.27. The van der Waals surface area contributed by atoms with Crippen LogP contribution in [-0.2, 0) is 4.74 Å². The van der Waals surface area contributed by atoms with Gasteiger partial charge in [-0.3, -0.25) is 9.78 Å². The minimum Gasteiger partial charge on any atom is -0.393 e. The average Bonchev–Trinajstić information content (AvgIpc) is 3.19. The molecule has 7 heteroatoms. The lowest BCUT2D eigenvalue weighted by Gasteiger charge is -2.23. The van der Waals surface area contributed by atoms with E-state index in [1.54, 1.807) is 6.07 Å². The Hall–Kier alpha value is -2.22. The number of aryl methyl sites for hydroxylation is 1. The monoisotopic (exact) mass is 461 g/mol. The summed E-state index contributed by atoms with van der Waals surface area (Å²) in [7, 11) is 0. The fraction of sp³-hybridized carbons (Fsp3) is 0.615. The van der Waals surface area contributed by atoms with Crippen molar-refractivity contribution < 1.29 is 14.9 Å². The van der Waals surface area contributed by atoms with Gasteiger partial charge in [-0.1, -0.05) is 46.6 Å². The topological polar surface area (TPSA) is 98.7 Å². The summed E-state index contributed by atoms with van der Waals surface area (Å²) in [5.41, 5.74) is 3.02. The lowest BCUT2D eigenvalue weighted by Crippen LogP contribution is -2.32. The van der Waals surface area contributed by atoms with E-state index in [0.29, 0.717) is 25.7 Å². The van der Waals surface area contributed by atoms with E-state index in [4.69, 9.17) is 9.84 Å². The lowest BCUT2D eigenvalue weighted by atomic mass is 10.1. The van der Waals surface area contributed by atoms with Gasteiger partial charge in [0.1, 0.15) is 0 Å². The van der Waals surface area contributed by atoms with Crippen LogP contribution in [0.1, 0.15) is 70.7 Å². The number of aliphatic hydroxyl groups is 2. The zero-order valence-electron chi connectivity index (χ0n) is 21.0. The standard InChI is InChI=1S/C11H16N2O2.C8H11NO.C5H10O.C2H6/c1-9-2-3-10(6-12-9)13-4-5-15-8-11(14)7-13;1-6(2)7-4-3-5-8(10)9-7;6-5-3-1-2-4-5;1-2/h2-3,6,11,14H,4-5,7-8H2,1H3;3-6H,1-2H3,(H,9,10);5-6H,1-4H2;1-2H3. The Bertz CT molecular complexity index is 802. The molecule has 1 atom stereocenters. The molecule has 0 bridgehead atoms. The summed E-state index contributed by atoms with van der Waals surface area (Å²) in [6.45, 7) is 12.6. The van der Waals surface area contributed by atoms with Gasteiger partial charge >= 0.3 is 0 Å². The van der Waals surface area contributed by atoms with Crippen LogP contribution < -0.4 is 10.5 Å². The van der Waals surface area contributed by atoms with E-state index in [1.807, 2.05) is 59.0 Å². The maximum atomic E-state index is 10.7. The van der Waals surface area contributed by atoms with E-state index < -0.39 is 6.10 Å². The van der Waals surface area contributed by atoms with Gasteiger partial charge in [-0.15, -0.1) is 0 Å². The Kier molecular flexibility index (Phi) is 14.3. The molecule has 0 spiro atoms. The van der Waals surface area contributed by atoms with Crippen molar-refractivity contribution in [3.63, 3.8) is 0 Å². The largest absolute Gasteiger partial charge is 0.393 e. The molecule has 186 valence electrons. The van der Waals surface area contributed by atoms with Gasteiger partial charge in [0.15, 0.2) is 0 Å². The lowest BCUT2D eigenvalue weighted by molar-refractivity contribution is 0.0597. The van der Waals surface area contributed by atoms with Crippen molar-refractivity contribution in [2.24, 2.45) is 0 Å². The van der Waals surface area contributed by atoms with Gasteiger partial charge in [-0.05, 0) is 43.9 Å². The Morgan fingerprint density at radius 2 is 1.79 bits per heavy atom. The second kappa shape index (κ2) is 16.4. The first kappa shape index (κ1) is 28.8. The maximum absolute atomic E-state index is 10.7. The molecule has 0 radical (unpaired) electrons. The molecule has 2 aromatic heterocycles. The molecule has 1 unspecified atom stereocenters. The van der Waals surface area contributed by atoms with Crippen molar-refractivity contribution in [3.8, 4) is 0 Å². The molecule has 0 amide bonds. The van der Waals surface area contributed by atoms with Gasteiger partial charge in [-0.25, -0.2) is 0 Å². The third-order valence-electron chi connectivity index (χ3n) is 5.25. The number of anilines is 1. The number of aliphatic hydroxyl groups excluding tert-OH is 2. The minimum atomic E-state index is -0.409. The maximum Gasteiger partial charge on any atom is 0.248 e. The molecule has 1 aliphatic heterocycles. The smallest absolute Gasteiger partial charge is 0.248 e. The molecule has 4 rings (SSSR count). The quantitative estimate of drug-likeness (QED) is 0.624. The number of ether oxygens (including phenoxy) is 1. The van der Waals surface area contributed by atoms with Crippen LogP contribution in [0.5, 0.6) is 0 Å². The zero-order chi connectivity index (χ0) is 24.6. The van der Waals surface area contributed by atoms with Crippen molar-refractivity contribution in [2.45, 2.75) is 78.4 Å². The second-order valence-electron chi connectivity index (χ2n) is 8.40. The summed E-state index contributed by atoms with van der Waals surface area (Å²) >= 11 is 0. The van der Waals surface area contributed by atoms with Gasteiger partial charge in [-0.2, -0.15) is 0 Å². The highest BCUT2D eigenvalue weighted by Crippen LogP contribution is 2.16. The first-order valence-electron chi connectivity index (χ1n) is 12.2. The number of nitrogens with zero attached hydrogens (tertiary/aromatic N) is 2. The number of H-pyrrole nitrogens is 1. The van der Waals surface area contributed by atoms with Gasteiger partial charge in [0.25, 0.3) is 0 Å². The number of β-amino-alcohol motifs (C(OH)–C–C–N with tert-alkyl or cyclic N) is 1. The SMILES string of the molecule is CC.CC(C)c1cccc(=O)[nH]1.Cc1ccc(N2CCOCC(O)C2)cn1.OC1CCCC1. The third kappa shape index (κ3) is 12.0. The van der Waals surface area contributed by atoms with Crippen LogP contribution in [0.2, 0.25) is 0 Å². The van der Waals surface area contributed by atoms with Gasteiger partial charge in [0.2, 0.25) is 5.56 Å². The molecule has 1 saturated heterocycles. The van der Waals surface area contributed by atoms with Crippen LogP contribution in [0.3, 0.4) is 0 Å². The summed E-state index contributed by atoms with van der Waals surface area (Å²) in [5.74, 6) is 0.397. The van der Waals surface area contributed by atoms with Gasteiger partial charge < -0.3 is 24.8 Å². The molecule has 2 aliphatic rings. The molecule has 0 aromatic carbocycles. The average molecular weight is 462 g/mol. The van der Waals surface area contributed by atoms with Crippen LogP contribution in [0.4, 0.5) is 5.69 Å². The highest BCUT2D eigenvalue weighted by Gasteiger charge is 2.16. The fourth-order valence-corrected chi connectivity index (χ4v) is 3.38. The molecule has 2 aromatic rings. The molecule has 33 heavy (non-hydrogen) atoms. The number of pyridine rings is 2. The van der Waals surface area contributed by atoms with E-state index >= 15 is 0 Å². The van der Waals surface area contributed by atoms with E-state index in [2.05, 4.69) is 14.9 Å². The Morgan fingerprint density at radius 1 is 1.09 bits per heavy atom. The number of nitrogens with one attached hydrogen (secondary N) is 1. The van der Waals surface area contributed by atoms with Crippen LogP contribution in [-0.4, -0.2) is 58.7 Å². The summed E-state index contributed by atoms with van der Waals surface area (Å²) in [6, 6.07) is 9.22. The van der Waals surface area contributed by atoms with Crippen molar-refractivity contribution >= 4 is 5.69 Å². The summed E-state index contributed by atoms with van der Waals surface area (Å²) in [6.07, 6.45) is 6.04. The highest BCUT2D eigenvalue weighted by atomic mass is 16.5. The number of rotatable bonds is 2. The summed E-state index contributed by atoms with van der Waals surface area (Å²) in [4.78, 5) is 19.8. The molecule has 7 nitrogen and oxygen atoms in total. The Balaban J connectivity index is 0.000000260. The van der Waals surface area contributed by atoms with Crippen LogP contribution in [0.15, 0.2) is 41.3 Å². The van der Waals surface area contributed by atoms with E-state index in [1.165, 1.54) is 18.9 Å². The van der Waals surface area contributed by atoms with E-state index in [9.17, 15) is 9.90 Å². The first-order valence-corrected chi connectivity index (χ1v) is 12.2. The van der Waals surface area contributed by atoms with Gasteiger partial charge in [0.05, 0.1) is 37.3 Å². The van der Waals surface area contributed by atoms with Crippen LogP contribution >= 0.6 is 0 Å². The van der Waals surface area contributed by atoms with Gasteiger partial charge in [0, 0.05) is 30.5 Å². The highest BCUT2D eigenvalue weighted by molar-refractivity contribution is 5.44. The number of aromatic amines is 1. The number of hydrogen-bond acceptors (Lipinski definition) is 6. The number of aromatic nitrogens is 2. The fourth-order valence-electron chi connectivity index (χ4n) is 3.38. The van der Waals surface area contributed by atoms with Crippen molar-refractivity contribution in [1.29, 1.82) is 0 Å². The van der Waals surface area contributed by atoms with Crippen LogP contribution in [0.25, 0.3) is 0 Å². The molecule has 1 aliphatic carbocycles. The Morgan fingerprint density at radius 3 is 2.27 bits per heavy atom. The second-order valence-corrected chi connectivity index (χ2v) is 8.40. The third-order valence-corrected chi connectivity index (χ3v) is 5.25. The zero-order valence-corrected chi connectivity index (χ0v) is 21.0. The minimum absolute atomic E-state index is 0.0220. The normalized spacial score (nSPS) is 18.2. The number of hydrogen-bond donors (Lipinski definition) is 3. The molecular weight excluding hydrogens is 418 g/mol. The predicted molar refractivity (Wildman–Crippen MR) is 135 cm³/mol. The summed E-state index contributed by atoms with van der Waals surface area (Å²) in [5, 5.41) is 18.3. The molecule has 3 N–H and O–H groups in total.